The molecular formula is C19H28N4O3S. The van der Waals surface area contributed by atoms with Crippen molar-refractivity contribution < 1.29 is 13.2 Å². The monoisotopic (exact) mass is 392 g/mol. The number of nitrogens with one attached hydrogen (secondary N) is 1. The molecule has 1 aromatic heterocycles. The van der Waals surface area contributed by atoms with Gasteiger partial charge in [0.1, 0.15) is 0 Å². The minimum Gasteiger partial charge on any atom is -0.353 e. The van der Waals surface area contributed by atoms with Crippen LogP contribution < -0.4 is 5.32 Å². The first kappa shape index (κ1) is 19.8. The van der Waals surface area contributed by atoms with Gasteiger partial charge in [-0.2, -0.15) is 0 Å². The number of amides is 1. The van der Waals surface area contributed by atoms with Crippen molar-refractivity contribution in [2.45, 2.75) is 62.4 Å². The summed E-state index contributed by atoms with van der Waals surface area (Å²) in [5, 5.41) is 3.15. The van der Waals surface area contributed by atoms with Crippen LogP contribution in [0.1, 0.15) is 44.9 Å². The molecule has 0 saturated heterocycles. The predicted molar refractivity (Wildman–Crippen MR) is 105 cm³/mol. The predicted octanol–water partition coefficient (Wildman–Crippen LogP) is 2.52. The van der Waals surface area contributed by atoms with E-state index in [-0.39, 0.29) is 10.8 Å². The van der Waals surface area contributed by atoms with E-state index in [4.69, 9.17) is 0 Å². The highest BCUT2D eigenvalue weighted by Crippen LogP contribution is 2.21. The number of hydrogen-bond donors (Lipinski definition) is 1. The minimum absolute atomic E-state index is 0.0653. The van der Waals surface area contributed by atoms with Crippen molar-refractivity contribution in [3.8, 4) is 0 Å². The van der Waals surface area contributed by atoms with Crippen molar-refractivity contribution >= 4 is 27.0 Å². The van der Waals surface area contributed by atoms with Gasteiger partial charge in [0.15, 0.2) is 0 Å². The van der Waals surface area contributed by atoms with Crippen molar-refractivity contribution in [1.29, 1.82) is 0 Å². The molecule has 1 amide bonds. The molecular weight excluding hydrogens is 364 g/mol. The summed E-state index contributed by atoms with van der Waals surface area (Å²) in [5.74, 6) is 0.0653. The summed E-state index contributed by atoms with van der Waals surface area (Å²) in [6.07, 6.45) is 9.10. The lowest BCUT2D eigenvalue weighted by Crippen LogP contribution is -2.34. The molecule has 1 saturated carbocycles. The third-order valence-electron chi connectivity index (χ3n) is 5.17. The maximum absolute atomic E-state index is 12.3. The van der Waals surface area contributed by atoms with Crippen LogP contribution in [0.4, 0.5) is 0 Å². The molecule has 7 nitrogen and oxygen atoms in total. The summed E-state index contributed by atoms with van der Waals surface area (Å²) in [7, 11) is -0.474. The molecule has 1 aliphatic carbocycles. The average Bonchev–Trinajstić information content (AvgIpc) is 2.86. The van der Waals surface area contributed by atoms with Crippen LogP contribution in [-0.4, -0.2) is 48.3 Å². The van der Waals surface area contributed by atoms with E-state index in [9.17, 15) is 13.2 Å². The van der Waals surface area contributed by atoms with Gasteiger partial charge in [0.25, 0.3) is 0 Å². The zero-order valence-electron chi connectivity index (χ0n) is 16.0. The Labute approximate surface area is 160 Å². The van der Waals surface area contributed by atoms with Crippen molar-refractivity contribution in [3.05, 3.63) is 24.5 Å². The molecule has 8 heteroatoms. The Balaban J connectivity index is 1.64. The van der Waals surface area contributed by atoms with Gasteiger partial charge in [-0.3, -0.25) is 4.79 Å². The summed E-state index contributed by atoms with van der Waals surface area (Å²) in [6, 6.07) is 5.22. The summed E-state index contributed by atoms with van der Waals surface area (Å²) in [4.78, 5) is 16.8. The molecule has 2 aromatic rings. The number of aromatic nitrogens is 2. The number of aryl methyl sites for hydroxylation is 1. The molecule has 1 N–H and O–H groups in total. The second-order valence-electron chi connectivity index (χ2n) is 7.38. The molecule has 0 atom stereocenters. The largest absolute Gasteiger partial charge is 0.353 e. The lowest BCUT2D eigenvalue weighted by Gasteiger charge is -2.16. The Kier molecular flexibility index (Phi) is 6.16. The number of fused-ring (bicyclic) bond motifs is 1. The van der Waals surface area contributed by atoms with Crippen LogP contribution in [0.25, 0.3) is 11.0 Å². The fourth-order valence-corrected chi connectivity index (χ4v) is 4.46. The number of nitrogens with zero attached hydrogens (tertiary/aromatic N) is 3. The fraction of sp³-hybridized carbons (Fsp3) is 0.579. The van der Waals surface area contributed by atoms with Gasteiger partial charge in [0, 0.05) is 33.1 Å². The van der Waals surface area contributed by atoms with E-state index in [0.717, 1.165) is 18.4 Å². The van der Waals surface area contributed by atoms with Crippen LogP contribution in [-0.2, 0) is 21.4 Å². The molecule has 1 fully saturated rings. The normalized spacial score (nSPS) is 16.6. The Hall–Kier alpha value is -1.93. The zero-order valence-corrected chi connectivity index (χ0v) is 16.8. The highest BCUT2D eigenvalue weighted by atomic mass is 32.2. The van der Waals surface area contributed by atoms with Gasteiger partial charge >= 0.3 is 0 Å². The smallest absolute Gasteiger partial charge is 0.242 e. The Morgan fingerprint density at radius 2 is 1.93 bits per heavy atom. The van der Waals surface area contributed by atoms with E-state index in [0.29, 0.717) is 24.5 Å². The molecule has 0 bridgehead atoms. The lowest BCUT2D eigenvalue weighted by molar-refractivity contribution is -0.122. The molecule has 27 heavy (non-hydrogen) atoms. The molecule has 1 heterocycles. The first-order valence-electron chi connectivity index (χ1n) is 9.55. The van der Waals surface area contributed by atoms with Crippen molar-refractivity contribution in [3.63, 3.8) is 0 Å². The number of carbonyl (C=O) groups is 1. The number of sulfonamides is 1. The maximum atomic E-state index is 12.3. The Bertz CT molecular complexity index is 897. The number of benzene rings is 1. The molecule has 148 valence electrons. The third-order valence-corrected chi connectivity index (χ3v) is 6.98. The number of imidazole rings is 1. The van der Waals surface area contributed by atoms with E-state index >= 15 is 0 Å². The van der Waals surface area contributed by atoms with Gasteiger partial charge in [-0.1, -0.05) is 25.7 Å². The first-order chi connectivity index (χ1) is 12.9. The van der Waals surface area contributed by atoms with Crippen LogP contribution >= 0.6 is 0 Å². The van der Waals surface area contributed by atoms with Crippen molar-refractivity contribution in [1.82, 2.24) is 19.2 Å². The van der Waals surface area contributed by atoms with E-state index in [1.165, 1.54) is 44.1 Å². The second kappa shape index (κ2) is 8.39. The van der Waals surface area contributed by atoms with E-state index in [1.54, 1.807) is 24.5 Å². The molecule has 1 aromatic carbocycles. The lowest BCUT2D eigenvalue weighted by atomic mass is 10.1. The number of hydrogen-bond acceptors (Lipinski definition) is 4. The van der Waals surface area contributed by atoms with Crippen LogP contribution in [0.15, 0.2) is 29.4 Å². The number of carbonyl (C=O) groups excluding carboxylic acids is 1. The van der Waals surface area contributed by atoms with Gasteiger partial charge in [-0.05, 0) is 31.0 Å². The zero-order chi connectivity index (χ0) is 19.4. The summed E-state index contributed by atoms with van der Waals surface area (Å²) in [6.45, 7) is 0.523. The number of rotatable bonds is 6. The SMILES string of the molecule is CN(C)S(=O)(=O)c1ccc2c(c1)ncn2CCC(=O)NC1CCCCCC1. The highest BCUT2D eigenvalue weighted by Gasteiger charge is 2.19. The van der Waals surface area contributed by atoms with E-state index in [1.807, 2.05) is 4.57 Å². The van der Waals surface area contributed by atoms with Crippen LogP contribution in [0.5, 0.6) is 0 Å². The van der Waals surface area contributed by atoms with Gasteiger partial charge in [-0.25, -0.2) is 17.7 Å². The molecule has 0 spiro atoms. The first-order valence-corrected chi connectivity index (χ1v) is 11.0. The van der Waals surface area contributed by atoms with Gasteiger partial charge < -0.3 is 9.88 Å². The topological polar surface area (TPSA) is 84.3 Å². The standard InChI is InChI=1S/C19H28N4O3S/c1-22(2)27(25,26)16-9-10-18-17(13-16)20-14-23(18)12-11-19(24)21-15-7-5-3-4-6-8-15/h9-10,13-15H,3-8,11-12H2,1-2H3,(H,21,24). The van der Waals surface area contributed by atoms with Gasteiger partial charge in [0.05, 0.1) is 22.3 Å². The fourth-order valence-electron chi connectivity index (χ4n) is 3.54. The Morgan fingerprint density at radius 1 is 1.22 bits per heavy atom. The molecule has 0 radical (unpaired) electrons. The highest BCUT2D eigenvalue weighted by molar-refractivity contribution is 7.89. The summed E-state index contributed by atoms with van der Waals surface area (Å²) < 4.78 is 27.6. The van der Waals surface area contributed by atoms with Crippen LogP contribution in [0, 0.1) is 0 Å². The van der Waals surface area contributed by atoms with Crippen molar-refractivity contribution in [2.75, 3.05) is 14.1 Å². The average molecular weight is 393 g/mol. The van der Waals surface area contributed by atoms with Gasteiger partial charge in [0.2, 0.25) is 15.9 Å². The minimum atomic E-state index is -3.48. The van der Waals surface area contributed by atoms with Crippen LogP contribution in [0.3, 0.4) is 0 Å². The second-order valence-corrected chi connectivity index (χ2v) is 9.53. The van der Waals surface area contributed by atoms with Crippen LogP contribution in [0.2, 0.25) is 0 Å². The quantitative estimate of drug-likeness (QED) is 0.766. The Morgan fingerprint density at radius 3 is 2.59 bits per heavy atom. The molecule has 1 aliphatic rings. The maximum Gasteiger partial charge on any atom is 0.242 e. The molecule has 0 unspecified atom stereocenters. The summed E-state index contributed by atoms with van der Waals surface area (Å²) >= 11 is 0. The summed E-state index contributed by atoms with van der Waals surface area (Å²) in [5.41, 5.74) is 1.44. The molecule has 3 rings (SSSR count). The molecule has 0 aliphatic heterocycles. The van der Waals surface area contributed by atoms with Gasteiger partial charge in [-0.15, -0.1) is 0 Å². The third kappa shape index (κ3) is 4.68. The van der Waals surface area contributed by atoms with E-state index in [2.05, 4.69) is 10.3 Å². The van der Waals surface area contributed by atoms with E-state index < -0.39 is 10.0 Å². The van der Waals surface area contributed by atoms with Crippen molar-refractivity contribution in [2.24, 2.45) is 0 Å².